The maximum atomic E-state index is 9.99. The molecule has 1 aliphatic carbocycles. The summed E-state index contributed by atoms with van der Waals surface area (Å²) in [6.45, 7) is 5.06. The van der Waals surface area contributed by atoms with E-state index in [0.717, 1.165) is 44.7 Å². The van der Waals surface area contributed by atoms with Crippen LogP contribution in [-0.2, 0) is 6.54 Å². The third-order valence-electron chi connectivity index (χ3n) is 5.10. The molecule has 2 unspecified atom stereocenters. The second-order valence-corrected chi connectivity index (χ2v) is 6.88. The number of aliphatic hydroxyl groups is 1. The predicted octanol–water partition coefficient (Wildman–Crippen LogP) is 2.55. The van der Waals surface area contributed by atoms with Gasteiger partial charge in [0.2, 0.25) is 0 Å². The lowest BCUT2D eigenvalue weighted by molar-refractivity contribution is 0.0902. The third kappa shape index (κ3) is 5.20. The second-order valence-electron chi connectivity index (χ2n) is 6.88. The summed E-state index contributed by atoms with van der Waals surface area (Å²) in [4.78, 5) is 2.47. The highest BCUT2D eigenvalue weighted by Gasteiger charge is 2.22. The molecule has 0 bridgehead atoms. The Hall–Kier alpha value is -1.10. The summed E-state index contributed by atoms with van der Waals surface area (Å²) < 4.78 is 5.83. The number of hydrogen-bond acceptors (Lipinski definition) is 4. The Labute approximate surface area is 139 Å². The Morgan fingerprint density at radius 1 is 1.04 bits per heavy atom. The molecule has 2 atom stereocenters. The number of nitrogens with one attached hydrogen (secondary N) is 1. The maximum Gasteiger partial charge on any atom is 0.119 e. The van der Waals surface area contributed by atoms with E-state index in [1.54, 1.807) is 0 Å². The minimum atomic E-state index is -0.183. The summed E-state index contributed by atoms with van der Waals surface area (Å²) in [6, 6.07) is 8.59. The number of nitrogens with zero attached hydrogens (tertiary/aromatic N) is 1. The summed E-state index contributed by atoms with van der Waals surface area (Å²) in [5.74, 6) is 0.950. The first-order chi connectivity index (χ1) is 11.3. The van der Waals surface area contributed by atoms with Gasteiger partial charge < -0.3 is 15.2 Å². The van der Waals surface area contributed by atoms with E-state index in [2.05, 4.69) is 34.5 Å². The fraction of sp³-hybridized carbons (Fsp3) is 0.684. The highest BCUT2D eigenvalue weighted by Crippen LogP contribution is 2.19. The van der Waals surface area contributed by atoms with Crippen molar-refractivity contribution in [1.29, 1.82) is 0 Å². The normalized spacial score (nSPS) is 25.6. The molecule has 0 spiro atoms. The average molecular weight is 318 g/mol. The van der Waals surface area contributed by atoms with Crippen LogP contribution in [0.15, 0.2) is 24.3 Å². The van der Waals surface area contributed by atoms with Gasteiger partial charge in [0.25, 0.3) is 0 Å². The molecule has 2 aliphatic rings. The van der Waals surface area contributed by atoms with Crippen LogP contribution < -0.4 is 10.1 Å². The molecule has 1 aromatic carbocycles. The number of likely N-dealkylation sites (tertiary alicyclic amines) is 1. The zero-order chi connectivity index (χ0) is 15.9. The van der Waals surface area contributed by atoms with Crippen LogP contribution in [0.1, 0.15) is 44.1 Å². The van der Waals surface area contributed by atoms with Gasteiger partial charge in [-0.25, -0.2) is 0 Å². The molecule has 0 aromatic heterocycles. The van der Waals surface area contributed by atoms with E-state index in [1.807, 2.05) is 0 Å². The second kappa shape index (κ2) is 8.67. The Kier molecular flexibility index (Phi) is 6.31. The van der Waals surface area contributed by atoms with Crippen LogP contribution in [0.25, 0.3) is 0 Å². The van der Waals surface area contributed by atoms with Crippen LogP contribution in [0, 0.1) is 0 Å². The van der Waals surface area contributed by atoms with Crippen molar-refractivity contribution in [3.05, 3.63) is 29.8 Å². The first-order valence-electron chi connectivity index (χ1n) is 9.17. The standard InChI is InChI=1S/C19H30N2O2/c22-19-6-2-1-5-18(19)20-15-16-7-9-17(10-8-16)23-14-13-21-11-3-4-12-21/h7-10,18-20,22H,1-6,11-15H2. The molecule has 4 nitrogen and oxygen atoms in total. The first kappa shape index (κ1) is 16.7. The van der Waals surface area contributed by atoms with Crippen molar-refractivity contribution in [3.63, 3.8) is 0 Å². The molecule has 2 fully saturated rings. The molecular weight excluding hydrogens is 288 g/mol. The Morgan fingerprint density at radius 3 is 2.52 bits per heavy atom. The zero-order valence-electron chi connectivity index (χ0n) is 14.0. The topological polar surface area (TPSA) is 44.7 Å². The van der Waals surface area contributed by atoms with Crippen molar-refractivity contribution in [1.82, 2.24) is 10.2 Å². The van der Waals surface area contributed by atoms with Gasteiger partial charge in [-0.2, -0.15) is 0 Å². The van der Waals surface area contributed by atoms with Gasteiger partial charge in [-0.15, -0.1) is 0 Å². The molecule has 1 heterocycles. The number of rotatable bonds is 7. The van der Waals surface area contributed by atoms with Gasteiger partial charge in [-0.1, -0.05) is 25.0 Å². The lowest BCUT2D eigenvalue weighted by atomic mass is 9.92. The minimum absolute atomic E-state index is 0.183. The largest absolute Gasteiger partial charge is 0.492 e. The molecule has 1 aromatic rings. The van der Waals surface area contributed by atoms with E-state index in [-0.39, 0.29) is 12.1 Å². The molecule has 1 aliphatic heterocycles. The monoisotopic (exact) mass is 318 g/mol. The van der Waals surface area contributed by atoms with Crippen molar-refractivity contribution in [3.8, 4) is 5.75 Å². The number of ether oxygens (including phenoxy) is 1. The van der Waals surface area contributed by atoms with Gasteiger partial charge in [-0.3, -0.25) is 4.90 Å². The summed E-state index contributed by atoms with van der Waals surface area (Å²) in [5, 5.41) is 13.5. The first-order valence-corrected chi connectivity index (χ1v) is 9.17. The molecule has 3 rings (SSSR count). The van der Waals surface area contributed by atoms with E-state index in [9.17, 15) is 5.11 Å². The molecule has 128 valence electrons. The molecule has 0 radical (unpaired) electrons. The van der Waals surface area contributed by atoms with E-state index in [4.69, 9.17) is 4.74 Å². The maximum absolute atomic E-state index is 9.99. The molecule has 2 N–H and O–H groups in total. The molecule has 23 heavy (non-hydrogen) atoms. The summed E-state index contributed by atoms with van der Waals surface area (Å²) in [7, 11) is 0. The highest BCUT2D eigenvalue weighted by atomic mass is 16.5. The van der Waals surface area contributed by atoms with Gasteiger partial charge in [-0.05, 0) is 56.5 Å². The van der Waals surface area contributed by atoms with E-state index >= 15 is 0 Å². The smallest absolute Gasteiger partial charge is 0.119 e. The molecule has 0 amide bonds. The molecular formula is C19H30N2O2. The number of hydrogen-bond donors (Lipinski definition) is 2. The Balaban J connectivity index is 1.38. The quantitative estimate of drug-likeness (QED) is 0.811. The minimum Gasteiger partial charge on any atom is -0.492 e. The lowest BCUT2D eigenvalue weighted by Crippen LogP contribution is -2.41. The Bertz CT molecular complexity index is 457. The summed E-state index contributed by atoms with van der Waals surface area (Å²) >= 11 is 0. The van der Waals surface area contributed by atoms with Crippen LogP contribution in [0.4, 0.5) is 0 Å². The zero-order valence-corrected chi connectivity index (χ0v) is 14.0. The van der Waals surface area contributed by atoms with Crippen LogP contribution in [0.3, 0.4) is 0 Å². The van der Waals surface area contributed by atoms with Crippen LogP contribution in [0.5, 0.6) is 5.75 Å². The SMILES string of the molecule is OC1CCCCC1NCc1ccc(OCCN2CCCC2)cc1. The van der Waals surface area contributed by atoms with Crippen molar-refractivity contribution < 1.29 is 9.84 Å². The fourth-order valence-corrected chi connectivity index (χ4v) is 3.60. The summed E-state index contributed by atoms with van der Waals surface area (Å²) in [5.41, 5.74) is 1.25. The lowest BCUT2D eigenvalue weighted by Gasteiger charge is -2.28. The van der Waals surface area contributed by atoms with Crippen molar-refractivity contribution in [2.75, 3.05) is 26.2 Å². The van der Waals surface area contributed by atoms with Crippen molar-refractivity contribution in [2.45, 2.75) is 57.2 Å². The average Bonchev–Trinajstić information content (AvgIpc) is 3.09. The summed E-state index contributed by atoms with van der Waals surface area (Å²) in [6.07, 6.45) is 6.87. The van der Waals surface area contributed by atoms with E-state index in [1.165, 1.54) is 37.9 Å². The van der Waals surface area contributed by atoms with Crippen molar-refractivity contribution >= 4 is 0 Å². The van der Waals surface area contributed by atoms with Crippen LogP contribution in [0.2, 0.25) is 0 Å². The van der Waals surface area contributed by atoms with Gasteiger partial charge in [0.1, 0.15) is 12.4 Å². The van der Waals surface area contributed by atoms with Gasteiger partial charge in [0.15, 0.2) is 0 Å². The van der Waals surface area contributed by atoms with Gasteiger partial charge >= 0.3 is 0 Å². The van der Waals surface area contributed by atoms with Crippen LogP contribution >= 0.6 is 0 Å². The van der Waals surface area contributed by atoms with Gasteiger partial charge in [0.05, 0.1) is 6.10 Å². The highest BCUT2D eigenvalue weighted by molar-refractivity contribution is 5.27. The number of benzene rings is 1. The van der Waals surface area contributed by atoms with Crippen molar-refractivity contribution in [2.24, 2.45) is 0 Å². The predicted molar refractivity (Wildman–Crippen MR) is 92.7 cm³/mol. The van der Waals surface area contributed by atoms with Gasteiger partial charge in [0, 0.05) is 19.1 Å². The van der Waals surface area contributed by atoms with E-state index in [0.29, 0.717) is 0 Å². The molecule has 1 saturated heterocycles. The number of aliphatic hydroxyl groups excluding tert-OH is 1. The fourth-order valence-electron chi connectivity index (χ4n) is 3.60. The van der Waals surface area contributed by atoms with Crippen LogP contribution in [-0.4, -0.2) is 48.4 Å². The molecule has 4 heteroatoms. The third-order valence-corrected chi connectivity index (χ3v) is 5.10. The van der Waals surface area contributed by atoms with E-state index < -0.39 is 0 Å². The Morgan fingerprint density at radius 2 is 1.78 bits per heavy atom. The molecule has 1 saturated carbocycles.